The van der Waals surface area contributed by atoms with Crippen molar-refractivity contribution in [2.24, 2.45) is 5.41 Å². The topological polar surface area (TPSA) is 108 Å². The number of piperidine rings is 1. The Labute approximate surface area is 157 Å². The lowest BCUT2D eigenvalue weighted by Gasteiger charge is -2.41. The van der Waals surface area contributed by atoms with Crippen LogP contribution >= 0.6 is 0 Å². The summed E-state index contributed by atoms with van der Waals surface area (Å²) in [6.07, 6.45) is 1.27. The summed E-state index contributed by atoms with van der Waals surface area (Å²) in [5.41, 5.74) is 0.283. The molecular weight excluding hydrogens is 356 g/mol. The number of nitrogens with zero attached hydrogens (tertiary/aromatic N) is 2. The molecule has 1 saturated heterocycles. The Hall–Kier alpha value is -2.84. The minimum absolute atomic E-state index is 0.0355. The Morgan fingerprint density at radius 3 is 2.15 bits per heavy atom. The van der Waals surface area contributed by atoms with E-state index in [1.807, 2.05) is 0 Å². The van der Waals surface area contributed by atoms with Gasteiger partial charge in [0.25, 0.3) is 5.69 Å². The van der Waals surface area contributed by atoms with E-state index in [4.69, 9.17) is 14.2 Å². The Bertz CT molecular complexity index is 692. The molecule has 0 spiro atoms. The molecule has 0 N–H and O–H groups in total. The molecule has 1 heterocycles. The number of hydrogen-bond donors (Lipinski definition) is 0. The van der Waals surface area contributed by atoms with Crippen molar-refractivity contribution in [1.29, 1.82) is 0 Å². The van der Waals surface area contributed by atoms with Crippen molar-refractivity contribution in [3.05, 3.63) is 28.3 Å². The average molecular weight is 380 g/mol. The fourth-order valence-corrected chi connectivity index (χ4v) is 3.10. The van der Waals surface area contributed by atoms with Gasteiger partial charge in [0.2, 0.25) is 0 Å². The molecule has 0 atom stereocenters. The van der Waals surface area contributed by atoms with E-state index in [1.165, 1.54) is 33.1 Å². The Kier molecular flexibility index (Phi) is 6.59. The minimum atomic E-state index is -0.467. The molecule has 0 aliphatic carbocycles. The number of nitro benzene ring substituents is 1. The van der Waals surface area contributed by atoms with Crippen LogP contribution in [0.4, 0.5) is 11.4 Å². The number of esters is 2. The van der Waals surface area contributed by atoms with Crippen LogP contribution in [0.1, 0.15) is 26.7 Å². The molecule has 0 bridgehead atoms. The summed E-state index contributed by atoms with van der Waals surface area (Å²) >= 11 is 0. The lowest BCUT2D eigenvalue weighted by Crippen LogP contribution is -2.45. The van der Waals surface area contributed by atoms with Crippen molar-refractivity contribution < 1.29 is 28.7 Å². The maximum atomic E-state index is 11.2. The number of non-ortho nitro benzene ring substituents is 1. The quantitative estimate of drug-likeness (QED) is 0.403. The summed E-state index contributed by atoms with van der Waals surface area (Å²) < 4.78 is 15.7. The molecule has 0 aromatic heterocycles. The van der Waals surface area contributed by atoms with Crippen LogP contribution in [0.2, 0.25) is 0 Å². The standard InChI is InChI=1S/C18H24N2O7/c1-13(21)26-11-18(12-27-14(2)22)6-8-19(9-7-18)16-5-4-15(20(23)24)10-17(16)25-3/h4-5,10H,6-9,11-12H2,1-3H3. The molecule has 1 aromatic rings. The average Bonchev–Trinajstić information content (AvgIpc) is 2.65. The summed E-state index contributed by atoms with van der Waals surface area (Å²) in [6, 6.07) is 4.51. The number of ether oxygens (including phenoxy) is 3. The summed E-state index contributed by atoms with van der Waals surface area (Å²) in [4.78, 5) is 35.0. The van der Waals surface area contributed by atoms with Gasteiger partial charge in [-0.25, -0.2) is 0 Å². The van der Waals surface area contributed by atoms with Crippen LogP contribution < -0.4 is 9.64 Å². The second-order valence-electron chi connectivity index (χ2n) is 6.66. The van der Waals surface area contributed by atoms with E-state index >= 15 is 0 Å². The molecule has 27 heavy (non-hydrogen) atoms. The van der Waals surface area contributed by atoms with Gasteiger partial charge in [-0.1, -0.05) is 0 Å². The van der Waals surface area contributed by atoms with E-state index in [-0.39, 0.29) is 30.8 Å². The molecule has 0 saturated carbocycles. The van der Waals surface area contributed by atoms with Gasteiger partial charge in [0, 0.05) is 38.4 Å². The zero-order valence-electron chi connectivity index (χ0n) is 15.7. The molecule has 9 heteroatoms. The molecule has 148 valence electrons. The maximum Gasteiger partial charge on any atom is 0.302 e. The summed E-state index contributed by atoms with van der Waals surface area (Å²) in [5.74, 6) is -0.329. The van der Waals surface area contributed by atoms with Crippen LogP contribution in [-0.4, -0.2) is 50.3 Å². The first-order valence-corrected chi connectivity index (χ1v) is 8.60. The molecule has 2 rings (SSSR count). The van der Waals surface area contributed by atoms with Gasteiger partial charge in [-0.05, 0) is 18.9 Å². The molecule has 0 radical (unpaired) electrons. The second kappa shape index (κ2) is 8.70. The predicted octanol–water partition coefficient (Wildman–Crippen LogP) is 2.32. The van der Waals surface area contributed by atoms with Gasteiger partial charge in [-0.3, -0.25) is 19.7 Å². The van der Waals surface area contributed by atoms with Crippen molar-refractivity contribution in [3.8, 4) is 5.75 Å². The predicted molar refractivity (Wildman–Crippen MR) is 96.8 cm³/mol. The van der Waals surface area contributed by atoms with Crippen LogP contribution in [0.3, 0.4) is 0 Å². The van der Waals surface area contributed by atoms with Gasteiger partial charge in [-0.15, -0.1) is 0 Å². The zero-order chi connectivity index (χ0) is 20.0. The first-order chi connectivity index (χ1) is 12.8. The van der Waals surface area contributed by atoms with Gasteiger partial charge >= 0.3 is 11.9 Å². The van der Waals surface area contributed by atoms with Crippen molar-refractivity contribution in [2.45, 2.75) is 26.7 Å². The highest BCUT2D eigenvalue weighted by atomic mass is 16.6. The van der Waals surface area contributed by atoms with Crippen LogP contribution in [0.5, 0.6) is 5.75 Å². The lowest BCUT2D eigenvalue weighted by atomic mass is 9.79. The number of methoxy groups -OCH3 is 1. The van der Waals surface area contributed by atoms with Crippen molar-refractivity contribution >= 4 is 23.3 Å². The number of anilines is 1. The number of carbonyl (C=O) groups excluding carboxylic acids is 2. The first-order valence-electron chi connectivity index (χ1n) is 8.60. The van der Waals surface area contributed by atoms with Crippen LogP contribution in [0.15, 0.2) is 18.2 Å². The molecule has 9 nitrogen and oxygen atoms in total. The third-order valence-electron chi connectivity index (χ3n) is 4.70. The number of nitro groups is 1. The monoisotopic (exact) mass is 380 g/mol. The van der Waals surface area contributed by atoms with E-state index in [0.717, 1.165) is 5.69 Å². The third kappa shape index (κ3) is 5.32. The highest BCUT2D eigenvalue weighted by Crippen LogP contribution is 2.38. The van der Waals surface area contributed by atoms with Gasteiger partial charge in [-0.2, -0.15) is 0 Å². The van der Waals surface area contributed by atoms with Gasteiger partial charge in [0.15, 0.2) is 0 Å². The zero-order valence-corrected chi connectivity index (χ0v) is 15.7. The Balaban J connectivity index is 2.13. The van der Waals surface area contributed by atoms with Gasteiger partial charge < -0.3 is 19.1 Å². The van der Waals surface area contributed by atoms with E-state index < -0.39 is 10.3 Å². The van der Waals surface area contributed by atoms with Crippen LogP contribution in [-0.2, 0) is 19.1 Å². The smallest absolute Gasteiger partial charge is 0.302 e. The summed E-state index contributed by atoms with van der Waals surface area (Å²) in [6.45, 7) is 4.27. The first kappa shape index (κ1) is 20.5. The molecule has 0 unspecified atom stereocenters. The highest BCUT2D eigenvalue weighted by molar-refractivity contribution is 5.66. The van der Waals surface area contributed by atoms with Crippen molar-refractivity contribution in [3.63, 3.8) is 0 Å². The van der Waals surface area contributed by atoms with E-state index in [9.17, 15) is 19.7 Å². The fraction of sp³-hybridized carbons (Fsp3) is 0.556. The fourth-order valence-electron chi connectivity index (χ4n) is 3.10. The molecule has 1 fully saturated rings. The molecule has 1 aliphatic rings. The number of carbonyl (C=O) groups is 2. The number of rotatable bonds is 7. The molecule has 0 amide bonds. The normalized spacial score (nSPS) is 15.7. The minimum Gasteiger partial charge on any atom is -0.494 e. The molecular formula is C18H24N2O7. The third-order valence-corrected chi connectivity index (χ3v) is 4.70. The van der Waals surface area contributed by atoms with E-state index in [1.54, 1.807) is 6.07 Å². The van der Waals surface area contributed by atoms with Gasteiger partial charge in [0.05, 0.1) is 23.8 Å². The Morgan fingerprint density at radius 1 is 1.15 bits per heavy atom. The summed E-state index contributed by atoms with van der Waals surface area (Å²) in [7, 11) is 1.47. The maximum absolute atomic E-state index is 11.2. The molecule has 1 aromatic carbocycles. The second-order valence-corrected chi connectivity index (χ2v) is 6.66. The van der Waals surface area contributed by atoms with E-state index in [2.05, 4.69) is 4.90 Å². The summed E-state index contributed by atoms with van der Waals surface area (Å²) in [5, 5.41) is 10.9. The highest BCUT2D eigenvalue weighted by Gasteiger charge is 2.38. The SMILES string of the molecule is COc1cc([N+](=O)[O-])ccc1N1CCC(COC(C)=O)(COC(C)=O)CC1. The number of benzene rings is 1. The van der Waals surface area contributed by atoms with Crippen molar-refractivity contribution in [1.82, 2.24) is 0 Å². The lowest BCUT2D eigenvalue weighted by molar-refractivity contribution is -0.384. The van der Waals surface area contributed by atoms with Gasteiger partial charge in [0.1, 0.15) is 19.0 Å². The van der Waals surface area contributed by atoms with Crippen LogP contribution in [0, 0.1) is 15.5 Å². The number of hydrogen-bond acceptors (Lipinski definition) is 8. The van der Waals surface area contributed by atoms with E-state index in [0.29, 0.717) is 31.7 Å². The molecule has 1 aliphatic heterocycles. The largest absolute Gasteiger partial charge is 0.494 e. The van der Waals surface area contributed by atoms with Crippen molar-refractivity contribution in [2.75, 3.05) is 38.3 Å². The van der Waals surface area contributed by atoms with Crippen LogP contribution in [0.25, 0.3) is 0 Å². The Morgan fingerprint density at radius 2 is 1.70 bits per heavy atom.